The normalized spacial score (nSPS) is 13.9. The van der Waals surface area contributed by atoms with Crippen molar-refractivity contribution in [1.29, 1.82) is 0 Å². The lowest BCUT2D eigenvalue weighted by molar-refractivity contribution is 0.660. The molecule has 138 heavy (non-hydrogen) atoms. The summed E-state index contributed by atoms with van der Waals surface area (Å²) in [6.07, 6.45) is 0. The van der Waals surface area contributed by atoms with Crippen LogP contribution in [0.5, 0.6) is 0 Å². The monoisotopic (exact) mass is 1760 g/mol. The molecule has 0 amide bonds. The van der Waals surface area contributed by atoms with Crippen LogP contribution in [0.2, 0.25) is 0 Å². The molecule has 6 nitrogen and oxygen atoms in total. The standard InChI is InChI=1S/C70H51N3.C62H45N3/c1-69(2)60-30-18-16-27-52(60)54-38-34-48(40-62(54)69)58-43-64(49-35-39-55-53-28-17-19-31-61(53)70(3,4)63(55)41-49)71-66-56-29-15-14-26-51(56)57(42-59(58)66)44-32-36-50(37-33-44)73-67(46-22-10-6-11-23-46)65(45-20-8-5-9-21-45)72-68(73)47-24-12-7-13-25-47;1-61(2)52-25-15-13-22-44(52)46-30-27-39(33-54(46)61)50-37-56(41-28-31-47-45-23-14-16-26-53(45)62(3,4)55(47)34-41)63-59-48-24-12-11-21-43(48)49(36-51(50)59)40-29-32-58-57(35-40)64-60(38-17-7-5-8-18-38)65(58)42-19-9-6-10-20-42/h5-43H,1-4H3;5-37H,1-4H3. The third kappa shape index (κ3) is 12.8. The van der Waals surface area contributed by atoms with Gasteiger partial charge in [-0.05, 0) is 229 Å². The molecule has 19 aromatic carbocycles. The fraction of sp³-hybridized carbons (Fsp3) is 0.0909. The van der Waals surface area contributed by atoms with Gasteiger partial charge in [-0.15, -0.1) is 0 Å². The van der Waals surface area contributed by atoms with E-state index < -0.39 is 0 Å². The van der Waals surface area contributed by atoms with Crippen molar-refractivity contribution in [2.45, 2.75) is 77.0 Å². The Balaban J connectivity index is 0.000000144. The second-order valence-corrected chi connectivity index (χ2v) is 39.9. The molecule has 0 atom stereocenters. The molecule has 0 saturated heterocycles. The number of hydrogen-bond donors (Lipinski definition) is 0. The number of para-hydroxylation sites is 1. The topological polar surface area (TPSA) is 61.4 Å². The maximum Gasteiger partial charge on any atom is 0.145 e. The first-order chi connectivity index (χ1) is 67.5. The first kappa shape index (κ1) is 81.9. The molecular formula is C132H96N6. The molecule has 6 heteroatoms. The van der Waals surface area contributed by atoms with E-state index in [0.717, 1.165) is 145 Å². The van der Waals surface area contributed by atoms with Crippen LogP contribution in [-0.2, 0) is 21.7 Å². The highest BCUT2D eigenvalue weighted by molar-refractivity contribution is 6.19. The van der Waals surface area contributed by atoms with Crippen LogP contribution in [-0.4, -0.2) is 29.1 Å². The maximum atomic E-state index is 5.70. The summed E-state index contributed by atoms with van der Waals surface area (Å²) in [5, 5.41) is 6.85. The lowest BCUT2D eigenvalue weighted by atomic mass is 9.81. The van der Waals surface area contributed by atoms with Gasteiger partial charge in [0.25, 0.3) is 0 Å². The minimum atomic E-state index is -0.147. The van der Waals surface area contributed by atoms with Crippen molar-refractivity contribution in [2.24, 2.45) is 0 Å². The van der Waals surface area contributed by atoms with E-state index in [4.69, 9.17) is 19.9 Å². The van der Waals surface area contributed by atoms with Gasteiger partial charge in [0.2, 0.25) is 0 Å². The highest BCUT2D eigenvalue weighted by Crippen LogP contribution is 2.57. The van der Waals surface area contributed by atoms with Crippen molar-refractivity contribution in [3.63, 3.8) is 0 Å². The van der Waals surface area contributed by atoms with E-state index in [2.05, 4.69) is 501 Å². The minimum absolute atomic E-state index is 0.121. The Kier molecular flexibility index (Phi) is 18.6. The van der Waals surface area contributed by atoms with Gasteiger partial charge >= 0.3 is 0 Å². The Morgan fingerprint density at radius 3 is 0.913 bits per heavy atom. The number of benzene rings is 19. The van der Waals surface area contributed by atoms with E-state index in [-0.39, 0.29) is 21.7 Å². The number of fused-ring (bicyclic) bond motifs is 19. The molecular weight excluding hydrogens is 1670 g/mol. The molecule has 0 bridgehead atoms. The number of nitrogens with zero attached hydrogens (tertiary/aromatic N) is 6. The van der Waals surface area contributed by atoms with Crippen molar-refractivity contribution < 1.29 is 0 Å². The van der Waals surface area contributed by atoms with E-state index in [1.807, 2.05) is 0 Å². The molecule has 0 spiro atoms. The van der Waals surface area contributed by atoms with Gasteiger partial charge in [-0.1, -0.05) is 407 Å². The summed E-state index contributed by atoms with van der Waals surface area (Å²) in [5.41, 5.74) is 46.9. The van der Waals surface area contributed by atoms with E-state index in [0.29, 0.717) is 0 Å². The molecule has 27 rings (SSSR count). The number of hydrogen-bond acceptors (Lipinski definition) is 4. The molecule has 0 unspecified atom stereocenters. The highest BCUT2D eigenvalue weighted by Gasteiger charge is 2.41. The second-order valence-electron chi connectivity index (χ2n) is 39.9. The smallest absolute Gasteiger partial charge is 0.145 e. The van der Waals surface area contributed by atoms with E-state index >= 15 is 0 Å². The summed E-state index contributed by atoms with van der Waals surface area (Å²) in [6.45, 7) is 18.9. The molecule has 4 aliphatic carbocycles. The summed E-state index contributed by atoms with van der Waals surface area (Å²) < 4.78 is 4.62. The SMILES string of the molecule is CC1(C)c2ccccc2-c2ccc(-c3cc(-c4ccc5c(c4)C(C)(C)c4ccccc4-5)c4cc(-c5ccc(-n6c(-c7ccccc7)nc(-c7ccccc7)c6-c6ccccc6)cc5)c5ccccc5c4n3)cc21.CC1(C)c2ccccc2-c2ccc(-c3cc(-c4ccc5c(c4)C(C)(C)c4ccccc4-5)c4cc(-c5ccc6c(c5)nc(-c5ccccc5)n6-c5ccccc5)c5ccccc5c4n3)cc21. The van der Waals surface area contributed by atoms with E-state index in [1.54, 1.807) is 0 Å². The van der Waals surface area contributed by atoms with Crippen LogP contribution in [0, 0.1) is 0 Å². The van der Waals surface area contributed by atoms with Gasteiger partial charge in [0.15, 0.2) is 0 Å². The van der Waals surface area contributed by atoms with Crippen molar-refractivity contribution in [3.8, 4) is 168 Å². The van der Waals surface area contributed by atoms with Crippen molar-refractivity contribution in [2.75, 3.05) is 0 Å². The molecule has 654 valence electrons. The molecule has 0 aliphatic heterocycles. The third-order valence-electron chi connectivity index (χ3n) is 30.6. The lowest BCUT2D eigenvalue weighted by Crippen LogP contribution is -2.15. The fourth-order valence-electron chi connectivity index (χ4n) is 23.6. The van der Waals surface area contributed by atoms with Crippen LogP contribution in [0.15, 0.2) is 437 Å². The molecule has 0 N–H and O–H groups in total. The van der Waals surface area contributed by atoms with Crippen LogP contribution in [0.1, 0.15) is 99.9 Å². The van der Waals surface area contributed by atoms with Gasteiger partial charge in [0.1, 0.15) is 11.6 Å². The van der Waals surface area contributed by atoms with E-state index in [9.17, 15) is 0 Å². The summed E-state index contributed by atoms with van der Waals surface area (Å²) in [5.74, 6) is 1.82. The van der Waals surface area contributed by atoms with E-state index in [1.165, 1.54) is 122 Å². The van der Waals surface area contributed by atoms with Gasteiger partial charge in [-0.2, -0.15) is 0 Å². The zero-order chi connectivity index (χ0) is 92.6. The average Bonchev–Trinajstić information content (AvgIpc) is 1.29. The molecule has 0 saturated carbocycles. The zero-order valence-corrected chi connectivity index (χ0v) is 78.3. The Hall–Kier alpha value is -16.8. The quantitative estimate of drug-likeness (QED) is 0.114. The largest absolute Gasteiger partial charge is 0.292 e. The van der Waals surface area contributed by atoms with Crippen LogP contribution < -0.4 is 0 Å². The van der Waals surface area contributed by atoms with Gasteiger partial charge < -0.3 is 0 Å². The van der Waals surface area contributed by atoms with Crippen molar-refractivity contribution in [3.05, 3.63) is 481 Å². The lowest BCUT2D eigenvalue weighted by Gasteiger charge is -2.23. The maximum absolute atomic E-state index is 5.70. The molecule has 4 aliphatic rings. The fourth-order valence-corrected chi connectivity index (χ4v) is 23.6. The third-order valence-corrected chi connectivity index (χ3v) is 30.6. The van der Waals surface area contributed by atoms with Gasteiger partial charge in [-0.3, -0.25) is 9.13 Å². The second kappa shape index (κ2) is 31.4. The number of aromatic nitrogens is 6. The Morgan fingerprint density at radius 1 is 0.181 bits per heavy atom. The van der Waals surface area contributed by atoms with Crippen molar-refractivity contribution in [1.82, 2.24) is 29.1 Å². The van der Waals surface area contributed by atoms with Gasteiger partial charge in [-0.25, -0.2) is 19.9 Å². The Bertz CT molecular complexity index is 8960. The Labute approximate surface area is 804 Å². The number of imidazole rings is 2. The van der Waals surface area contributed by atoms with Gasteiger partial charge in [0.05, 0.1) is 44.8 Å². The Morgan fingerprint density at radius 2 is 0.486 bits per heavy atom. The molecule has 0 radical (unpaired) electrons. The minimum Gasteiger partial charge on any atom is -0.292 e. The first-order valence-corrected chi connectivity index (χ1v) is 48.2. The summed E-state index contributed by atoms with van der Waals surface area (Å²) in [7, 11) is 0. The predicted octanol–water partition coefficient (Wildman–Crippen LogP) is 34.2. The van der Waals surface area contributed by atoms with Crippen LogP contribution in [0.4, 0.5) is 0 Å². The molecule has 4 aromatic heterocycles. The van der Waals surface area contributed by atoms with Crippen molar-refractivity contribution >= 4 is 54.4 Å². The van der Waals surface area contributed by atoms with Gasteiger partial charge in [0, 0.05) is 88.0 Å². The molecule has 23 aromatic rings. The highest BCUT2D eigenvalue weighted by atomic mass is 15.1. The van der Waals surface area contributed by atoms with Crippen LogP contribution in [0.25, 0.3) is 223 Å². The first-order valence-electron chi connectivity index (χ1n) is 48.2. The summed E-state index contributed by atoms with van der Waals surface area (Å²) in [4.78, 5) is 22.2. The zero-order valence-electron chi connectivity index (χ0n) is 78.3. The predicted molar refractivity (Wildman–Crippen MR) is 575 cm³/mol. The number of rotatable bonds is 12. The average molecular weight is 1770 g/mol. The van der Waals surface area contributed by atoms with Crippen LogP contribution in [0.3, 0.4) is 0 Å². The van der Waals surface area contributed by atoms with Crippen LogP contribution >= 0.6 is 0 Å². The number of pyridine rings is 2. The molecule has 0 fully saturated rings. The molecule has 4 heterocycles. The summed E-state index contributed by atoms with van der Waals surface area (Å²) >= 11 is 0. The summed E-state index contributed by atoms with van der Waals surface area (Å²) in [6, 6.07) is 160.